The molecule has 1 aromatic heterocycles. The molecule has 0 saturated heterocycles. The lowest BCUT2D eigenvalue weighted by Gasteiger charge is -2.10. The number of aromatic amines is 1. The van der Waals surface area contributed by atoms with Gasteiger partial charge in [0.25, 0.3) is 0 Å². The van der Waals surface area contributed by atoms with Gasteiger partial charge >= 0.3 is 6.18 Å². The summed E-state index contributed by atoms with van der Waals surface area (Å²) in [5.74, 6) is 0.332. The molecule has 0 unspecified atom stereocenters. The van der Waals surface area contributed by atoms with Gasteiger partial charge in [0.15, 0.2) is 0 Å². The van der Waals surface area contributed by atoms with Crippen LogP contribution < -0.4 is 0 Å². The Labute approximate surface area is 100 Å². The average Bonchev–Trinajstić information content (AvgIpc) is 2.63. The van der Waals surface area contributed by atoms with Crippen LogP contribution in [0.3, 0.4) is 0 Å². The van der Waals surface area contributed by atoms with E-state index in [4.69, 9.17) is 11.6 Å². The molecule has 0 amide bonds. The summed E-state index contributed by atoms with van der Waals surface area (Å²) in [6.45, 7) is 1.76. The van der Waals surface area contributed by atoms with E-state index >= 15 is 0 Å². The Balaban J connectivity index is 2.57. The minimum Gasteiger partial charge on any atom is -0.342 e. The number of benzene rings is 1. The molecular formula is C11H8ClF3N2. The molecule has 2 nitrogen and oxygen atoms in total. The lowest BCUT2D eigenvalue weighted by Crippen LogP contribution is -2.06. The van der Waals surface area contributed by atoms with Gasteiger partial charge in [-0.3, -0.25) is 0 Å². The normalized spacial score (nSPS) is 11.8. The van der Waals surface area contributed by atoms with E-state index in [1.165, 1.54) is 18.3 Å². The summed E-state index contributed by atoms with van der Waals surface area (Å²) < 4.78 is 37.9. The van der Waals surface area contributed by atoms with E-state index < -0.39 is 11.7 Å². The van der Waals surface area contributed by atoms with Crippen molar-refractivity contribution in [3.8, 4) is 11.4 Å². The first-order chi connectivity index (χ1) is 7.89. The molecule has 0 fully saturated rings. The van der Waals surface area contributed by atoms with Crippen LogP contribution in [0.2, 0.25) is 5.02 Å². The number of aromatic nitrogens is 2. The Morgan fingerprint density at radius 1 is 1.29 bits per heavy atom. The van der Waals surface area contributed by atoms with Gasteiger partial charge in [0.05, 0.1) is 10.6 Å². The number of hydrogen-bond acceptors (Lipinski definition) is 1. The second-order valence-corrected chi connectivity index (χ2v) is 3.96. The number of nitrogens with one attached hydrogen (secondary N) is 1. The zero-order valence-corrected chi connectivity index (χ0v) is 9.52. The van der Waals surface area contributed by atoms with Gasteiger partial charge < -0.3 is 4.98 Å². The van der Waals surface area contributed by atoms with Crippen molar-refractivity contribution in [3.05, 3.63) is 40.7 Å². The Morgan fingerprint density at radius 2 is 2.00 bits per heavy atom. The molecular weight excluding hydrogens is 253 g/mol. The van der Waals surface area contributed by atoms with Gasteiger partial charge in [-0.05, 0) is 19.1 Å². The molecule has 17 heavy (non-hydrogen) atoms. The first-order valence-electron chi connectivity index (χ1n) is 4.77. The Morgan fingerprint density at radius 3 is 2.53 bits per heavy atom. The highest BCUT2D eigenvalue weighted by molar-refractivity contribution is 6.34. The second kappa shape index (κ2) is 4.07. The van der Waals surface area contributed by atoms with E-state index in [2.05, 4.69) is 9.97 Å². The smallest absolute Gasteiger partial charge is 0.342 e. The van der Waals surface area contributed by atoms with Crippen LogP contribution in [0.25, 0.3) is 11.4 Å². The highest BCUT2D eigenvalue weighted by Gasteiger charge is 2.34. The fraction of sp³-hybridized carbons (Fsp3) is 0.182. The molecule has 0 spiro atoms. The van der Waals surface area contributed by atoms with E-state index in [9.17, 15) is 13.2 Å². The van der Waals surface area contributed by atoms with Gasteiger partial charge in [0.1, 0.15) is 5.82 Å². The number of alkyl halides is 3. The number of halogens is 4. The van der Waals surface area contributed by atoms with Gasteiger partial charge in [-0.25, -0.2) is 4.98 Å². The van der Waals surface area contributed by atoms with E-state index in [0.717, 1.165) is 11.8 Å². The summed E-state index contributed by atoms with van der Waals surface area (Å²) in [4.78, 5) is 6.81. The van der Waals surface area contributed by atoms with Crippen molar-refractivity contribution >= 4 is 11.6 Å². The summed E-state index contributed by atoms with van der Waals surface area (Å²) in [5.41, 5.74) is 0.147. The average molecular weight is 261 g/mol. The van der Waals surface area contributed by atoms with Gasteiger partial charge in [-0.1, -0.05) is 17.7 Å². The largest absolute Gasteiger partial charge is 0.417 e. The predicted molar refractivity (Wildman–Crippen MR) is 58.8 cm³/mol. The van der Waals surface area contributed by atoms with E-state index in [1.807, 2.05) is 0 Å². The molecule has 1 N–H and O–H groups in total. The van der Waals surface area contributed by atoms with Crippen molar-refractivity contribution in [2.24, 2.45) is 0 Å². The number of nitrogens with zero attached hydrogens (tertiary/aromatic N) is 1. The van der Waals surface area contributed by atoms with E-state index in [1.54, 1.807) is 6.92 Å². The van der Waals surface area contributed by atoms with Crippen molar-refractivity contribution < 1.29 is 13.2 Å². The molecule has 6 heteroatoms. The van der Waals surface area contributed by atoms with Crippen LogP contribution in [0.1, 0.15) is 11.3 Å². The molecule has 0 aliphatic carbocycles. The minimum absolute atomic E-state index is 0.245. The van der Waals surface area contributed by atoms with Crippen LogP contribution in [0.4, 0.5) is 13.2 Å². The predicted octanol–water partition coefficient (Wildman–Crippen LogP) is 4.06. The van der Waals surface area contributed by atoms with Crippen molar-refractivity contribution in [2.45, 2.75) is 13.1 Å². The summed E-state index contributed by atoms with van der Waals surface area (Å²) in [5, 5.41) is -0.339. The molecule has 2 rings (SSSR count). The summed E-state index contributed by atoms with van der Waals surface area (Å²) in [7, 11) is 0. The van der Waals surface area contributed by atoms with E-state index in [-0.39, 0.29) is 10.6 Å². The molecule has 0 aliphatic heterocycles. The quantitative estimate of drug-likeness (QED) is 0.823. The molecule has 0 atom stereocenters. The van der Waals surface area contributed by atoms with Crippen LogP contribution in [-0.4, -0.2) is 9.97 Å². The summed E-state index contributed by atoms with van der Waals surface area (Å²) in [6, 6.07) is 3.75. The lowest BCUT2D eigenvalue weighted by atomic mass is 10.1. The van der Waals surface area contributed by atoms with E-state index in [0.29, 0.717) is 5.82 Å². The maximum absolute atomic E-state index is 12.6. The Hall–Kier alpha value is -1.49. The molecule has 0 radical (unpaired) electrons. The monoisotopic (exact) mass is 260 g/mol. The SMILES string of the molecule is Cc1cnc(-c2cccc(C(F)(F)F)c2Cl)[nH]1. The number of imidazole rings is 1. The first kappa shape index (κ1) is 12.0. The summed E-state index contributed by atoms with van der Waals surface area (Å²) in [6.07, 6.45) is -2.93. The van der Waals surface area contributed by atoms with Crippen LogP contribution in [0, 0.1) is 6.92 Å². The molecule has 0 aliphatic rings. The molecule has 90 valence electrons. The standard InChI is InChI=1S/C11H8ClF3N2/c1-6-5-16-10(17-6)7-3-2-4-8(9(7)12)11(13,14)15/h2-5H,1H3,(H,16,17). The van der Waals surface area contributed by atoms with Crippen molar-refractivity contribution in [1.82, 2.24) is 9.97 Å². The number of hydrogen-bond donors (Lipinski definition) is 1. The Bertz CT molecular complexity index is 546. The van der Waals surface area contributed by atoms with Gasteiger partial charge in [-0.2, -0.15) is 13.2 Å². The number of aryl methyl sites for hydroxylation is 1. The highest BCUT2D eigenvalue weighted by Crippen LogP contribution is 2.38. The zero-order chi connectivity index (χ0) is 12.6. The van der Waals surface area contributed by atoms with Crippen LogP contribution >= 0.6 is 11.6 Å². The maximum Gasteiger partial charge on any atom is 0.417 e. The molecule has 0 saturated carbocycles. The fourth-order valence-electron chi connectivity index (χ4n) is 1.48. The van der Waals surface area contributed by atoms with Crippen LogP contribution in [0.5, 0.6) is 0 Å². The van der Waals surface area contributed by atoms with Crippen LogP contribution in [0.15, 0.2) is 24.4 Å². The van der Waals surface area contributed by atoms with Crippen molar-refractivity contribution in [3.63, 3.8) is 0 Å². The van der Waals surface area contributed by atoms with Crippen molar-refractivity contribution in [1.29, 1.82) is 0 Å². The number of rotatable bonds is 1. The third-order valence-electron chi connectivity index (χ3n) is 2.26. The van der Waals surface area contributed by atoms with Gasteiger partial charge in [0.2, 0.25) is 0 Å². The fourth-order valence-corrected chi connectivity index (χ4v) is 1.81. The highest BCUT2D eigenvalue weighted by atomic mass is 35.5. The molecule has 1 heterocycles. The minimum atomic E-state index is -4.46. The van der Waals surface area contributed by atoms with Gasteiger partial charge in [0, 0.05) is 17.5 Å². The van der Waals surface area contributed by atoms with Crippen LogP contribution in [-0.2, 0) is 6.18 Å². The van der Waals surface area contributed by atoms with Gasteiger partial charge in [-0.15, -0.1) is 0 Å². The third kappa shape index (κ3) is 2.29. The second-order valence-electron chi connectivity index (χ2n) is 3.58. The zero-order valence-electron chi connectivity index (χ0n) is 8.77. The summed E-state index contributed by atoms with van der Waals surface area (Å²) >= 11 is 5.76. The lowest BCUT2D eigenvalue weighted by molar-refractivity contribution is -0.137. The Kier molecular flexibility index (Phi) is 2.87. The molecule has 0 bridgehead atoms. The third-order valence-corrected chi connectivity index (χ3v) is 2.67. The number of H-pyrrole nitrogens is 1. The maximum atomic E-state index is 12.6. The van der Waals surface area contributed by atoms with Crippen molar-refractivity contribution in [2.75, 3.05) is 0 Å². The molecule has 2 aromatic rings. The topological polar surface area (TPSA) is 28.7 Å². The first-order valence-corrected chi connectivity index (χ1v) is 5.15. The molecule has 1 aromatic carbocycles.